The van der Waals surface area contributed by atoms with Gasteiger partial charge in [-0.1, -0.05) is 0 Å². The first-order chi connectivity index (χ1) is 6.55. The van der Waals surface area contributed by atoms with Crippen LogP contribution in [0.5, 0.6) is 5.75 Å². The van der Waals surface area contributed by atoms with Gasteiger partial charge in [0.05, 0.1) is 0 Å². The van der Waals surface area contributed by atoms with Gasteiger partial charge in [0.2, 0.25) is 0 Å². The molecular formula is C8H9NO4S. The molecule has 76 valence electrons. The summed E-state index contributed by atoms with van der Waals surface area (Å²) in [4.78, 5) is 13.7. The van der Waals surface area contributed by atoms with Gasteiger partial charge in [-0.3, -0.25) is 4.79 Å². The highest BCUT2D eigenvalue weighted by Crippen LogP contribution is 2.19. The average Bonchev–Trinajstić information content (AvgIpc) is 2.14. The molecule has 5 nitrogen and oxygen atoms in total. The quantitative estimate of drug-likeness (QED) is 0.664. The van der Waals surface area contributed by atoms with Crippen LogP contribution in [-0.4, -0.2) is 32.6 Å². The van der Waals surface area contributed by atoms with E-state index in [-0.39, 0.29) is 17.4 Å². The molecular weight excluding hydrogens is 206 g/mol. The second-order valence-electron chi connectivity index (χ2n) is 2.56. The number of hydrogen-bond acceptors (Lipinski definition) is 5. The highest BCUT2D eigenvalue weighted by atomic mass is 32.2. The predicted octanol–water partition coefficient (Wildman–Crippen LogP) is 0.0628. The van der Waals surface area contributed by atoms with Gasteiger partial charge in [-0.25, -0.2) is 13.4 Å². The van der Waals surface area contributed by atoms with E-state index >= 15 is 0 Å². The summed E-state index contributed by atoms with van der Waals surface area (Å²) in [6.45, 7) is -0.186. The Kier molecular flexibility index (Phi) is 3.19. The van der Waals surface area contributed by atoms with E-state index in [4.69, 9.17) is 4.74 Å². The highest BCUT2D eigenvalue weighted by Gasteiger charge is 2.15. The van der Waals surface area contributed by atoms with Crippen molar-refractivity contribution in [2.24, 2.45) is 0 Å². The largest absolute Gasteiger partial charge is 0.483 e. The fraction of sp³-hybridized carbons (Fsp3) is 0.250. The zero-order valence-corrected chi connectivity index (χ0v) is 8.32. The number of nitrogens with zero attached hydrogens (tertiary/aromatic N) is 1. The van der Waals surface area contributed by atoms with E-state index in [2.05, 4.69) is 4.98 Å². The van der Waals surface area contributed by atoms with Crippen molar-refractivity contribution in [3.05, 3.63) is 18.3 Å². The van der Waals surface area contributed by atoms with Gasteiger partial charge in [0, 0.05) is 12.5 Å². The fourth-order valence-electron chi connectivity index (χ4n) is 0.888. The predicted molar refractivity (Wildman–Crippen MR) is 48.9 cm³/mol. The average molecular weight is 215 g/mol. The maximum absolute atomic E-state index is 11.2. The number of aldehydes is 1. The summed E-state index contributed by atoms with van der Waals surface area (Å²) in [6.07, 6.45) is 2.92. The molecule has 14 heavy (non-hydrogen) atoms. The minimum absolute atomic E-state index is 0.0992. The van der Waals surface area contributed by atoms with E-state index in [1.807, 2.05) is 0 Å². The summed E-state index contributed by atoms with van der Waals surface area (Å²) in [5.74, 6) is 0.0992. The van der Waals surface area contributed by atoms with Crippen LogP contribution in [0.4, 0.5) is 0 Å². The number of sulfone groups is 1. The molecule has 0 aromatic carbocycles. The maximum atomic E-state index is 11.2. The van der Waals surface area contributed by atoms with E-state index in [1.165, 1.54) is 18.3 Å². The number of pyridine rings is 1. The second kappa shape index (κ2) is 4.19. The Balaban J connectivity index is 3.10. The molecule has 0 amide bonds. The van der Waals surface area contributed by atoms with Crippen LogP contribution in [0, 0.1) is 0 Å². The van der Waals surface area contributed by atoms with Gasteiger partial charge in [-0.15, -0.1) is 0 Å². The molecule has 0 saturated heterocycles. The van der Waals surface area contributed by atoms with Crippen LogP contribution in [0.2, 0.25) is 0 Å². The summed E-state index contributed by atoms with van der Waals surface area (Å²) < 4.78 is 27.3. The second-order valence-corrected chi connectivity index (χ2v) is 4.49. The molecule has 0 bridgehead atoms. The topological polar surface area (TPSA) is 73.3 Å². The standard InChI is InChI=1S/C8H9NO4S/c1-14(11,12)8-7(13-6-5-10)3-2-4-9-8/h2-5H,6H2,1H3. The lowest BCUT2D eigenvalue weighted by atomic mass is 10.5. The fourth-order valence-corrected chi connectivity index (χ4v) is 1.63. The molecule has 0 atom stereocenters. The van der Waals surface area contributed by atoms with Crippen LogP contribution >= 0.6 is 0 Å². The molecule has 0 saturated carbocycles. The summed E-state index contributed by atoms with van der Waals surface area (Å²) >= 11 is 0. The number of ether oxygens (including phenoxy) is 1. The summed E-state index contributed by atoms with van der Waals surface area (Å²) in [5.41, 5.74) is 0. The molecule has 6 heteroatoms. The van der Waals surface area contributed by atoms with Gasteiger partial charge in [0.25, 0.3) is 0 Å². The lowest BCUT2D eigenvalue weighted by molar-refractivity contribution is -0.109. The van der Waals surface area contributed by atoms with Gasteiger partial charge in [0.1, 0.15) is 6.61 Å². The van der Waals surface area contributed by atoms with Crippen LogP contribution in [0.15, 0.2) is 23.4 Å². The van der Waals surface area contributed by atoms with Crippen LogP contribution in [0.1, 0.15) is 0 Å². The van der Waals surface area contributed by atoms with Crippen LogP contribution < -0.4 is 4.74 Å². The third kappa shape index (κ3) is 2.53. The van der Waals surface area contributed by atoms with E-state index in [0.29, 0.717) is 6.29 Å². The molecule has 0 aliphatic heterocycles. The lowest BCUT2D eigenvalue weighted by Crippen LogP contribution is -2.06. The minimum Gasteiger partial charge on any atom is -0.483 e. The third-order valence-corrected chi connectivity index (χ3v) is 2.40. The Morgan fingerprint density at radius 3 is 2.86 bits per heavy atom. The number of carbonyl (C=O) groups excluding carboxylic acids is 1. The summed E-state index contributed by atoms with van der Waals surface area (Å²) in [6, 6.07) is 2.99. The SMILES string of the molecule is CS(=O)(=O)c1ncccc1OCC=O. The smallest absolute Gasteiger partial charge is 0.197 e. The Labute approximate surface area is 81.6 Å². The molecule has 0 spiro atoms. The van der Waals surface area contributed by atoms with Crippen molar-refractivity contribution in [1.82, 2.24) is 4.98 Å². The van der Waals surface area contributed by atoms with Crippen molar-refractivity contribution >= 4 is 16.1 Å². The van der Waals surface area contributed by atoms with Gasteiger partial charge in [-0.2, -0.15) is 0 Å². The first-order valence-electron chi connectivity index (χ1n) is 3.77. The molecule has 1 rings (SSSR count). The van der Waals surface area contributed by atoms with E-state index in [1.54, 1.807) is 0 Å². The monoisotopic (exact) mass is 215 g/mol. The zero-order chi connectivity index (χ0) is 10.6. The van der Waals surface area contributed by atoms with Crippen molar-refractivity contribution in [3.63, 3.8) is 0 Å². The summed E-state index contributed by atoms with van der Waals surface area (Å²) in [5, 5.41) is -0.151. The Bertz CT molecular complexity index is 427. The normalized spacial score (nSPS) is 10.9. The van der Waals surface area contributed by atoms with Crippen LogP contribution in [0.3, 0.4) is 0 Å². The lowest BCUT2D eigenvalue weighted by Gasteiger charge is -2.05. The van der Waals surface area contributed by atoms with Crippen molar-refractivity contribution < 1.29 is 17.9 Å². The zero-order valence-electron chi connectivity index (χ0n) is 7.50. The molecule has 0 fully saturated rings. The molecule has 1 aromatic heterocycles. The summed E-state index contributed by atoms with van der Waals surface area (Å²) in [7, 11) is -3.42. The molecule has 0 radical (unpaired) electrons. The molecule has 0 aliphatic rings. The van der Waals surface area contributed by atoms with Gasteiger partial charge in [0.15, 0.2) is 26.9 Å². The molecule has 0 aliphatic carbocycles. The molecule has 1 aromatic rings. The third-order valence-electron chi connectivity index (χ3n) is 1.39. The first-order valence-corrected chi connectivity index (χ1v) is 5.66. The Morgan fingerprint density at radius 2 is 2.29 bits per heavy atom. The van der Waals surface area contributed by atoms with Crippen LogP contribution in [0.25, 0.3) is 0 Å². The van der Waals surface area contributed by atoms with E-state index < -0.39 is 9.84 Å². The van der Waals surface area contributed by atoms with Crippen molar-refractivity contribution in [3.8, 4) is 5.75 Å². The number of hydrogen-bond donors (Lipinski definition) is 0. The highest BCUT2D eigenvalue weighted by molar-refractivity contribution is 7.90. The Hall–Kier alpha value is -1.43. The number of carbonyl (C=O) groups is 1. The van der Waals surface area contributed by atoms with Gasteiger partial charge < -0.3 is 4.74 Å². The maximum Gasteiger partial charge on any atom is 0.197 e. The number of aromatic nitrogens is 1. The Morgan fingerprint density at radius 1 is 1.57 bits per heavy atom. The minimum atomic E-state index is -3.42. The molecule has 0 N–H and O–H groups in total. The molecule has 0 unspecified atom stereocenters. The van der Waals surface area contributed by atoms with Gasteiger partial charge in [-0.05, 0) is 12.1 Å². The first kappa shape index (κ1) is 10.6. The van der Waals surface area contributed by atoms with Crippen molar-refractivity contribution in [2.45, 2.75) is 5.03 Å². The van der Waals surface area contributed by atoms with Crippen molar-refractivity contribution in [1.29, 1.82) is 0 Å². The van der Waals surface area contributed by atoms with Crippen LogP contribution in [-0.2, 0) is 14.6 Å². The van der Waals surface area contributed by atoms with Crippen molar-refractivity contribution in [2.75, 3.05) is 12.9 Å². The number of rotatable bonds is 4. The van der Waals surface area contributed by atoms with Gasteiger partial charge >= 0.3 is 0 Å². The van der Waals surface area contributed by atoms with E-state index in [0.717, 1.165) is 6.26 Å². The van der Waals surface area contributed by atoms with E-state index in [9.17, 15) is 13.2 Å². The molecule has 1 heterocycles.